The van der Waals surface area contributed by atoms with E-state index in [0.29, 0.717) is 24.0 Å². The minimum atomic E-state index is -0.752. The van der Waals surface area contributed by atoms with Crippen molar-refractivity contribution < 1.29 is 19.5 Å². The van der Waals surface area contributed by atoms with Crippen molar-refractivity contribution in [2.45, 2.75) is 32.3 Å². The lowest BCUT2D eigenvalue weighted by Gasteiger charge is -2.44. The number of carbonyl (C=O) groups excluding carboxylic acids is 1. The Balaban J connectivity index is 1.80. The second-order valence-corrected chi connectivity index (χ2v) is 6.17. The van der Waals surface area contributed by atoms with Crippen molar-refractivity contribution in [2.24, 2.45) is 5.41 Å². The van der Waals surface area contributed by atoms with Gasteiger partial charge in [0.15, 0.2) is 0 Å². The second kappa shape index (κ2) is 6.25. The number of amides is 1. The number of fused-ring (bicyclic) bond motifs is 1. The topological polar surface area (TPSA) is 99.7 Å². The summed E-state index contributed by atoms with van der Waals surface area (Å²) in [7, 11) is 0. The lowest BCUT2D eigenvalue weighted by atomic mass is 9.73. The van der Waals surface area contributed by atoms with Gasteiger partial charge in [0.25, 0.3) is 5.91 Å². The summed E-state index contributed by atoms with van der Waals surface area (Å²) >= 11 is 0. The van der Waals surface area contributed by atoms with Crippen molar-refractivity contribution in [3.63, 3.8) is 0 Å². The molecule has 2 N–H and O–H groups in total. The number of rotatable bonds is 4. The molecule has 2 atom stereocenters. The van der Waals surface area contributed by atoms with Crippen molar-refractivity contribution in [2.75, 3.05) is 19.7 Å². The van der Waals surface area contributed by atoms with E-state index >= 15 is 0 Å². The van der Waals surface area contributed by atoms with E-state index in [1.165, 1.54) is 0 Å². The number of hydrogen-bond acceptors (Lipinski definition) is 6. The maximum Gasteiger partial charge on any atom is 0.293 e. The minimum absolute atomic E-state index is 0.0702. The van der Waals surface area contributed by atoms with Crippen LogP contribution in [0, 0.1) is 5.41 Å². The van der Waals surface area contributed by atoms with Gasteiger partial charge in [0, 0.05) is 24.7 Å². The van der Waals surface area contributed by atoms with E-state index in [4.69, 9.17) is 4.52 Å². The lowest BCUT2D eigenvalue weighted by Crippen LogP contribution is -2.54. The number of aliphatic hydroxyl groups excluding tert-OH is 2. The molecule has 0 bridgehead atoms. The molecule has 1 saturated heterocycles. The number of nitrogens with zero attached hydrogens (tertiary/aromatic N) is 3. The predicted octanol–water partition coefficient (Wildman–Crippen LogP) is 1.21. The Morgan fingerprint density at radius 1 is 1.57 bits per heavy atom. The maximum absolute atomic E-state index is 12.7. The molecule has 3 rings (SSSR count). The fraction of sp³-hybridized carbons (Fsp3) is 0.562. The third-order valence-electron chi connectivity index (χ3n) is 4.78. The van der Waals surface area contributed by atoms with E-state index in [0.717, 1.165) is 12.8 Å². The zero-order valence-corrected chi connectivity index (χ0v) is 13.1. The van der Waals surface area contributed by atoms with Crippen molar-refractivity contribution in [1.82, 2.24) is 15.0 Å². The molecule has 0 spiro atoms. The highest BCUT2D eigenvalue weighted by molar-refractivity contribution is 6.02. The van der Waals surface area contributed by atoms with Gasteiger partial charge in [-0.25, -0.2) is 4.98 Å². The molecule has 1 aliphatic heterocycles. The van der Waals surface area contributed by atoms with E-state index in [1.54, 1.807) is 23.2 Å². The van der Waals surface area contributed by atoms with Gasteiger partial charge in [-0.2, -0.15) is 0 Å². The Labute approximate surface area is 133 Å². The van der Waals surface area contributed by atoms with E-state index in [2.05, 4.69) is 10.1 Å². The first-order chi connectivity index (χ1) is 11.1. The summed E-state index contributed by atoms with van der Waals surface area (Å²) in [6, 6.07) is 3.46. The number of aromatic nitrogens is 2. The van der Waals surface area contributed by atoms with Gasteiger partial charge in [-0.1, -0.05) is 18.5 Å². The Hall–Kier alpha value is -1.99. The van der Waals surface area contributed by atoms with Gasteiger partial charge in [0.1, 0.15) is 0 Å². The highest BCUT2D eigenvalue weighted by Gasteiger charge is 2.43. The second-order valence-electron chi connectivity index (χ2n) is 6.17. The lowest BCUT2D eigenvalue weighted by molar-refractivity contribution is -0.0717. The Bertz CT molecular complexity index is 701. The van der Waals surface area contributed by atoms with Crippen LogP contribution in [-0.2, 0) is 0 Å². The molecule has 23 heavy (non-hydrogen) atoms. The van der Waals surface area contributed by atoms with Crippen LogP contribution >= 0.6 is 0 Å². The van der Waals surface area contributed by atoms with Gasteiger partial charge in [-0.15, -0.1) is 0 Å². The van der Waals surface area contributed by atoms with Crippen LogP contribution in [0.25, 0.3) is 11.0 Å². The van der Waals surface area contributed by atoms with Crippen LogP contribution in [0.3, 0.4) is 0 Å². The van der Waals surface area contributed by atoms with Crippen LogP contribution < -0.4 is 0 Å². The number of piperidine rings is 1. The number of aliphatic hydroxyl groups is 2. The summed E-state index contributed by atoms with van der Waals surface area (Å²) in [4.78, 5) is 18.3. The van der Waals surface area contributed by atoms with Gasteiger partial charge in [-0.05, 0) is 25.0 Å². The molecule has 0 aliphatic carbocycles. The van der Waals surface area contributed by atoms with Gasteiger partial charge in [0.05, 0.1) is 18.1 Å². The molecule has 7 nitrogen and oxygen atoms in total. The van der Waals surface area contributed by atoms with E-state index in [-0.39, 0.29) is 24.8 Å². The van der Waals surface area contributed by atoms with E-state index < -0.39 is 11.5 Å². The molecular formula is C16H21N3O4. The zero-order valence-electron chi connectivity index (χ0n) is 13.1. The molecule has 0 unspecified atom stereocenters. The van der Waals surface area contributed by atoms with Gasteiger partial charge < -0.3 is 19.6 Å². The van der Waals surface area contributed by atoms with Gasteiger partial charge >= 0.3 is 0 Å². The first-order valence-corrected chi connectivity index (χ1v) is 7.90. The third kappa shape index (κ3) is 2.70. The fourth-order valence-corrected chi connectivity index (χ4v) is 3.34. The molecule has 0 saturated carbocycles. The Morgan fingerprint density at radius 2 is 2.39 bits per heavy atom. The largest absolute Gasteiger partial charge is 0.396 e. The molecule has 124 valence electrons. The highest BCUT2D eigenvalue weighted by atomic mass is 16.5. The van der Waals surface area contributed by atoms with Crippen molar-refractivity contribution in [3.8, 4) is 0 Å². The Kier molecular flexibility index (Phi) is 4.32. The monoisotopic (exact) mass is 319 g/mol. The first kappa shape index (κ1) is 15.9. The quantitative estimate of drug-likeness (QED) is 0.878. The molecule has 7 heteroatoms. The predicted molar refractivity (Wildman–Crippen MR) is 82.8 cm³/mol. The standard InChI is InChI=1S/C16H21N3O4/c1-2-5-16(10-20)6-8-19(9-12(16)21)15(22)13-11-4-3-7-17-14(11)18-23-13/h3-4,7,12,20-21H,2,5-6,8-10H2,1H3/t12-,16+/m0/s1. The molecule has 1 aliphatic rings. The fourth-order valence-electron chi connectivity index (χ4n) is 3.34. The van der Waals surface area contributed by atoms with Crippen LogP contribution in [0.15, 0.2) is 22.9 Å². The van der Waals surface area contributed by atoms with Crippen LogP contribution in [0.5, 0.6) is 0 Å². The van der Waals surface area contributed by atoms with Crippen LogP contribution in [0.1, 0.15) is 36.7 Å². The molecule has 3 heterocycles. The first-order valence-electron chi connectivity index (χ1n) is 7.90. The molecule has 1 amide bonds. The van der Waals surface area contributed by atoms with Crippen molar-refractivity contribution in [1.29, 1.82) is 0 Å². The van der Waals surface area contributed by atoms with Gasteiger partial charge in [0.2, 0.25) is 11.4 Å². The SMILES string of the molecule is CCC[C@]1(CO)CCN(C(=O)c2onc3ncccc23)C[C@@H]1O. The van der Waals surface area contributed by atoms with Crippen LogP contribution in [0.4, 0.5) is 0 Å². The number of hydrogen-bond donors (Lipinski definition) is 2. The number of pyridine rings is 1. The minimum Gasteiger partial charge on any atom is -0.396 e. The summed E-state index contributed by atoms with van der Waals surface area (Å²) < 4.78 is 5.16. The van der Waals surface area contributed by atoms with Crippen molar-refractivity contribution in [3.05, 3.63) is 24.1 Å². The molecular weight excluding hydrogens is 298 g/mol. The number of carbonyl (C=O) groups is 1. The summed E-state index contributed by atoms with van der Waals surface area (Å²) in [5.41, 5.74) is -0.125. The normalized spacial score (nSPS) is 25.0. The summed E-state index contributed by atoms with van der Waals surface area (Å²) in [5.74, 6) is -0.158. The average molecular weight is 319 g/mol. The third-order valence-corrected chi connectivity index (χ3v) is 4.78. The van der Waals surface area contributed by atoms with E-state index in [9.17, 15) is 15.0 Å². The zero-order chi connectivity index (χ0) is 16.4. The number of likely N-dealkylation sites (tertiary alicyclic amines) is 1. The Morgan fingerprint density at radius 3 is 3.09 bits per heavy atom. The summed E-state index contributed by atoms with van der Waals surface area (Å²) in [6.45, 7) is 2.61. The summed E-state index contributed by atoms with van der Waals surface area (Å²) in [6.07, 6.45) is 3.02. The molecule has 0 radical (unpaired) electrons. The molecule has 2 aromatic rings. The summed E-state index contributed by atoms with van der Waals surface area (Å²) in [5, 5.41) is 24.5. The molecule has 1 fully saturated rings. The van der Waals surface area contributed by atoms with Crippen LogP contribution in [0.2, 0.25) is 0 Å². The van der Waals surface area contributed by atoms with E-state index in [1.807, 2.05) is 6.92 Å². The smallest absolute Gasteiger partial charge is 0.293 e. The molecule has 2 aromatic heterocycles. The molecule has 0 aromatic carbocycles. The number of β-amino-alcohol motifs (C(OH)–C–C–N with tert-alkyl or cyclic N) is 1. The van der Waals surface area contributed by atoms with Crippen LogP contribution in [-0.4, -0.2) is 57.0 Å². The van der Waals surface area contributed by atoms with Gasteiger partial charge in [-0.3, -0.25) is 4.79 Å². The average Bonchev–Trinajstić information content (AvgIpc) is 3.00. The van der Waals surface area contributed by atoms with Crippen molar-refractivity contribution >= 4 is 16.9 Å². The highest BCUT2D eigenvalue weighted by Crippen LogP contribution is 2.36. The maximum atomic E-state index is 12.7.